The lowest BCUT2D eigenvalue weighted by Crippen LogP contribution is -2.58. The maximum Gasteiger partial charge on any atom is 0.407 e. The lowest BCUT2D eigenvalue weighted by molar-refractivity contribution is -0.172. The highest BCUT2D eigenvalue weighted by atomic mass is 16.6. The molecule has 0 spiro atoms. The molecular formula is C52H56N8O12. The molecule has 2 aliphatic heterocycles. The van der Waals surface area contributed by atoms with E-state index in [1.807, 2.05) is 72.8 Å². The Labute approximate surface area is 413 Å². The number of nitrogens with zero attached hydrogens (tertiary/aromatic N) is 3. The second kappa shape index (κ2) is 20.8. The number of nitrogens with one attached hydrogen (secondary N) is 4. The second-order valence-corrected chi connectivity index (χ2v) is 18.1. The number of aromatic nitrogens is 2. The van der Waals surface area contributed by atoms with Crippen molar-refractivity contribution < 1.29 is 53.2 Å². The van der Waals surface area contributed by atoms with Gasteiger partial charge in [-0.15, -0.1) is 0 Å². The van der Waals surface area contributed by atoms with E-state index in [4.69, 9.17) is 20.2 Å². The van der Waals surface area contributed by atoms with E-state index in [2.05, 4.69) is 21.3 Å². The first-order chi connectivity index (χ1) is 34.4. The number of cyclic esters (lactones) is 1. The SMILES string of the molecule is CCN(CCc1c2c(nc3ccccc13)-c1cc3c(c(=O)n1C2)COC(=O)[C@]3(O)CC)C(=O)CNC(=O)[C@H](CC(N)=O)NC(=O)[C@H](C)NC(=O)[C@@H](NC(=O)OCC1c2ccccc2-c2ccccc21)C(C)O. The number of aliphatic hydroxyl groups excluding tert-OH is 1. The molecule has 8 rings (SSSR count). The summed E-state index contributed by atoms with van der Waals surface area (Å²) in [4.78, 5) is 112. The van der Waals surface area contributed by atoms with Gasteiger partial charge in [-0.3, -0.25) is 28.8 Å². The number of aliphatic hydroxyl groups is 2. The van der Waals surface area contributed by atoms with Gasteiger partial charge in [-0.05, 0) is 73.6 Å². The summed E-state index contributed by atoms with van der Waals surface area (Å²) in [5.41, 5.74) is 10.5. The summed E-state index contributed by atoms with van der Waals surface area (Å²) in [7, 11) is 0. The van der Waals surface area contributed by atoms with Crippen molar-refractivity contribution in [2.45, 2.75) is 95.9 Å². The first-order valence-corrected chi connectivity index (χ1v) is 23.8. The first kappa shape index (κ1) is 50.4. The molecule has 20 heteroatoms. The number of rotatable bonds is 18. The minimum atomic E-state index is -2.00. The van der Waals surface area contributed by atoms with Crippen molar-refractivity contribution in [1.82, 2.24) is 35.7 Å². The maximum absolute atomic E-state index is 13.9. The van der Waals surface area contributed by atoms with E-state index in [9.17, 15) is 48.6 Å². The Hall–Kier alpha value is -7.97. The van der Waals surface area contributed by atoms with Gasteiger partial charge >= 0.3 is 12.1 Å². The fourth-order valence-corrected chi connectivity index (χ4v) is 9.75. The van der Waals surface area contributed by atoms with Gasteiger partial charge in [-0.25, -0.2) is 14.6 Å². The predicted molar refractivity (Wildman–Crippen MR) is 261 cm³/mol. The summed E-state index contributed by atoms with van der Waals surface area (Å²) in [6.45, 7) is 5.64. The molecule has 0 saturated carbocycles. The molecule has 20 nitrogen and oxygen atoms in total. The van der Waals surface area contributed by atoms with Gasteiger partial charge in [0.25, 0.3) is 5.56 Å². The fraction of sp³-hybridized carbons (Fsp3) is 0.365. The van der Waals surface area contributed by atoms with E-state index in [0.717, 1.165) is 38.8 Å². The number of hydrogen-bond acceptors (Lipinski definition) is 13. The molecule has 5 atom stereocenters. The average Bonchev–Trinajstić information content (AvgIpc) is 3.90. The molecule has 1 aliphatic carbocycles. The first-order valence-electron chi connectivity index (χ1n) is 23.8. The van der Waals surface area contributed by atoms with Crippen molar-refractivity contribution in [1.29, 1.82) is 0 Å². The number of hydrogen-bond donors (Lipinski definition) is 7. The zero-order valence-electron chi connectivity index (χ0n) is 40.2. The minimum Gasteiger partial charge on any atom is -0.458 e. The molecule has 3 aromatic carbocycles. The zero-order chi connectivity index (χ0) is 51.6. The summed E-state index contributed by atoms with van der Waals surface area (Å²) in [5.74, 6) is -5.29. The number of alkyl carbamates (subject to hydrolysis) is 1. The van der Waals surface area contributed by atoms with Crippen LogP contribution in [0.1, 0.15) is 79.8 Å². The number of carbonyl (C=O) groups excluding carboxylic acids is 7. The Kier molecular flexibility index (Phi) is 14.6. The lowest BCUT2D eigenvalue weighted by Gasteiger charge is -2.31. The summed E-state index contributed by atoms with van der Waals surface area (Å²) in [6, 6.07) is 20.1. The van der Waals surface area contributed by atoms with E-state index in [1.165, 1.54) is 18.7 Å². The third-order valence-electron chi connectivity index (χ3n) is 13.7. The van der Waals surface area contributed by atoms with Crippen LogP contribution in [0.5, 0.6) is 0 Å². The molecule has 5 aromatic rings. The monoisotopic (exact) mass is 984 g/mol. The van der Waals surface area contributed by atoms with Crippen LogP contribution in [-0.2, 0) is 63.4 Å². The van der Waals surface area contributed by atoms with E-state index < -0.39 is 90.0 Å². The number of likely N-dealkylation sites (N-methyl/N-ethyl adjacent to an activating group) is 1. The van der Waals surface area contributed by atoms with Crippen molar-refractivity contribution in [3.63, 3.8) is 0 Å². The molecule has 72 heavy (non-hydrogen) atoms. The summed E-state index contributed by atoms with van der Waals surface area (Å²) in [6.07, 6.45) is -2.76. The van der Waals surface area contributed by atoms with Crippen LogP contribution in [0.15, 0.2) is 83.7 Å². The quantitative estimate of drug-likeness (QED) is 0.0605. The van der Waals surface area contributed by atoms with E-state index in [0.29, 0.717) is 23.3 Å². The highest BCUT2D eigenvalue weighted by molar-refractivity contribution is 5.97. The molecule has 8 N–H and O–H groups in total. The number of ether oxygens (including phenoxy) is 2. The number of para-hydroxylation sites is 1. The molecule has 2 aromatic heterocycles. The van der Waals surface area contributed by atoms with Crippen molar-refractivity contribution in [2.24, 2.45) is 5.73 Å². The van der Waals surface area contributed by atoms with Crippen LogP contribution < -0.4 is 32.6 Å². The summed E-state index contributed by atoms with van der Waals surface area (Å²) >= 11 is 0. The van der Waals surface area contributed by atoms with E-state index in [1.54, 1.807) is 24.5 Å². The fourth-order valence-electron chi connectivity index (χ4n) is 9.75. The Morgan fingerprint density at radius 1 is 0.903 bits per heavy atom. The molecule has 3 aliphatic rings. The lowest BCUT2D eigenvalue weighted by atomic mass is 9.86. The summed E-state index contributed by atoms with van der Waals surface area (Å²) < 4.78 is 12.3. The number of amides is 6. The molecule has 376 valence electrons. The number of carbonyl (C=O) groups is 7. The molecule has 0 saturated heterocycles. The van der Waals surface area contributed by atoms with E-state index >= 15 is 0 Å². The Morgan fingerprint density at radius 2 is 1.57 bits per heavy atom. The van der Waals surface area contributed by atoms with Gasteiger partial charge in [0.1, 0.15) is 31.3 Å². The number of pyridine rings is 2. The molecular weight excluding hydrogens is 929 g/mol. The van der Waals surface area contributed by atoms with Gasteiger partial charge in [0.2, 0.25) is 29.5 Å². The third kappa shape index (κ3) is 9.74. The van der Waals surface area contributed by atoms with Gasteiger partial charge in [0.05, 0.1) is 48.1 Å². The largest absolute Gasteiger partial charge is 0.458 e. The Bertz CT molecular complexity index is 3040. The van der Waals surface area contributed by atoms with Crippen LogP contribution in [0.2, 0.25) is 0 Å². The van der Waals surface area contributed by atoms with Crippen LogP contribution in [0.3, 0.4) is 0 Å². The van der Waals surface area contributed by atoms with Crippen LogP contribution in [-0.4, -0.2) is 117 Å². The minimum absolute atomic E-state index is 0.00780. The number of benzene rings is 3. The van der Waals surface area contributed by atoms with Gasteiger partial charge < -0.3 is 56.2 Å². The van der Waals surface area contributed by atoms with Crippen molar-refractivity contribution in [3.8, 4) is 22.5 Å². The Balaban J connectivity index is 0.876. The topological polar surface area (TPSA) is 291 Å². The summed E-state index contributed by atoms with van der Waals surface area (Å²) in [5, 5.41) is 32.2. The van der Waals surface area contributed by atoms with Crippen LogP contribution >= 0.6 is 0 Å². The van der Waals surface area contributed by atoms with Crippen LogP contribution in [0.4, 0.5) is 4.79 Å². The Morgan fingerprint density at radius 3 is 2.22 bits per heavy atom. The van der Waals surface area contributed by atoms with E-state index in [-0.39, 0.29) is 56.3 Å². The van der Waals surface area contributed by atoms with Gasteiger partial charge in [-0.2, -0.15) is 0 Å². The smallest absolute Gasteiger partial charge is 0.407 e. The van der Waals surface area contributed by atoms with Crippen molar-refractivity contribution in [2.75, 3.05) is 26.2 Å². The molecule has 0 bridgehead atoms. The number of primary amides is 1. The molecule has 4 heterocycles. The predicted octanol–water partition coefficient (Wildman–Crippen LogP) is 1.74. The number of fused-ring (bicyclic) bond motifs is 8. The normalized spacial score (nSPS) is 16.8. The molecule has 0 radical (unpaired) electrons. The molecule has 1 unspecified atom stereocenters. The highest BCUT2D eigenvalue weighted by Gasteiger charge is 2.46. The van der Waals surface area contributed by atoms with Gasteiger partial charge in [0, 0.05) is 35.5 Å². The van der Waals surface area contributed by atoms with Crippen LogP contribution in [0, 0.1) is 0 Å². The van der Waals surface area contributed by atoms with Crippen LogP contribution in [0.25, 0.3) is 33.4 Å². The second-order valence-electron chi connectivity index (χ2n) is 18.1. The van der Waals surface area contributed by atoms with Crippen molar-refractivity contribution >= 4 is 52.5 Å². The van der Waals surface area contributed by atoms with Gasteiger partial charge in [0.15, 0.2) is 5.60 Å². The number of nitrogens with two attached hydrogens (primary N) is 1. The average molecular weight is 985 g/mol. The molecule has 6 amide bonds. The standard InChI is InChI=1S/C52H56N8O12/c1-5-52(70)38-21-41-45-35(24-60(41)49(67)37(38)26-71-50(52)68)33(34-17-11-12-18-39(34)56-45)19-20-59(6-2)43(63)23-54-47(65)40(22-42(53)62)57-46(64)27(3)55-48(66)44(28(4)61)58-51(69)72-25-36-31-15-9-7-13-29(31)30-14-8-10-16-32(30)36/h7-18,21,27-28,36,40,44,61,70H,5-6,19-20,22-26H2,1-4H3,(H2,53,62)(H,54,65)(H,55,66)(H,57,64)(H,58,69)/t27-,28?,40-,44-,52-/m0/s1. The molecule has 0 fully saturated rings. The third-order valence-corrected chi connectivity index (χ3v) is 13.7. The number of esters is 1. The van der Waals surface area contributed by atoms with Crippen molar-refractivity contribution in [3.05, 3.63) is 123 Å². The maximum atomic E-state index is 13.9. The highest BCUT2D eigenvalue weighted by Crippen LogP contribution is 2.45. The van der Waals surface area contributed by atoms with Gasteiger partial charge in [-0.1, -0.05) is 73.7 Å². The zero-order valence-corrected chi connectivity index (χ0v) is 40.2.